The largest absolute Gasteiger partial charge is 0.493 e. The molecule has 0 bridgehead atoms. The second-order valence-corrected chi connectivity index (χ2v) is 8.59. The van der Waals surface area contributed by atoms with E-state index in [9.17, 15) is 4.21 Å². The van der Waals surface area contributed by atoms with Crippen molar-refractivity contribution in [2.24, 2.45) is 11.8 Å². The lowest BCUT2D eigenvalue weighted by molar-refractivity contribution is 0.220. The second kappa shape index (κ2) is 8.96. The van der Waals surface area contributed by atoms with E-state index in [-0.39, 0.29) is 0 Å². The Balaban J connectivity index is 1.99. The van der Waals surface area contributed by atoms with Crippen LogP contribution in [0.4, 0.5) is 0 Å². The van der Waals surface area contributed by atoms with E-state index in [0.717, 1.165) is 37.9 Å². The first-order valence-corrected chi connectivity index (χ1v) is 11.0. The van der Waals surface area contributed by atoms with Crippen molar-refractivity contribution >= 4 is 16.1 Å². The van der Waals surface area contributed by atoms with E-state index in [4.69, 9.17) is 20.6 Å². The van der Waals surface area contributed by atoms with Crippen LogP contribution < -0.4 is 0 Å². The Morgan fingerprint density at radius 3 is 2.26 bits per heavy atom. The van der Waals surface area contributed by atoms with Crippen molar-refractivity contribution in [1.29, 1.82) is 5.41 Å². The van der Waals surface area contributed by atoms with Gasteiger partial charge in [-0.15, -0.1) is 0 Å². The van der Waals surface area contributed by atoms with Crippen LogP contribution in [0, 0.1) is 22.9 Å². The minimum atomic E-state index is -1.40. The molecule has 1 aliphatic heterocycles. The van der Waals surface area contributed by atoms with Gasteiger partial charge >= 0.3 is 0 Å². The van der Waals surface area contributed by atoms with E-state index in [2.05, 4.69) is 0 Å². The molecule has 1 unspecified atom stereocenters. The maximum atomic E-state index is 11.7. The van der Waals surface area contributed by atoms with Crippen molar-refractivity contribution in [2.75, 3.05) is 27.3 Å². The van der Waals surface area contributed by atoms with Gasteiger partial charge in [-0.25, -0.2) is 8.51 Å². The number of ether oxygens (including phenoxy) is 2. The van der Waals surface area contributed by atoms with Crippen molar-refractivity contribution < 1.29 is 13.7 Å². The standard InChI is InChI=1S/C21H30N2O3S/c1-25-19-13-17(18(22)14-20(19)26-2)21(15-7-4-5-8-15)16-9-6-11-23(12-10-16)27(3)24/h3,13-16,22H,4-12H2,1-2H3/b21-17+,22-18?. The van der Waals surface area contributed by atoms with Crippen LogP contribution in [-0.2, 0) is 19.9 Å². The zero-order valence-electron chi connectivity index (χ0n) is 16.3. The summed E-state index contributed by atoms with van der Waals surface area (Å²) in [5.41, 5.74) is 8.50. The van der Waals surface area contributed by atoms with Gasteiger partial charge in [0.25, 0.3) is 0 Å². The Labute approximate surface area is 164 Å². The second-order valence-electron chi connectivity index (χ2n) is 7.52. The van der Waals surface area contributed by atoms with Crippen LogP contribution in [0.5, 0.6) is 0 Å². The fourth-order valence-electron chi connectivity index (χ4n) is 4.69. The summed E-state index contributed by atoms with van der Waals surface area (Å²) in [7, 11) is 1.84. The highest BCUT2D eigenvalue weighted by molar-refractivity contribution is 7.71. The van der Waals surface area contributed by atoms with Crippen molar-refractivity contribution in [3.8, 4) is 5.69 Å². The highest BCUT2D eigenvalue weighted by atomic mass is 32.2. The van der Waals surface area contributed by atoms with Gasteiger partial charge in [-0.05, 0) is 50.0 Å². The Bertz CT molecular complexity index is 800. The topological polar surface area (TPSA) is 62.6 Å². The molecule has 2 fully saturated rings. The lowest BCUT2D eigenvalue weighted by Gasteiger charge is -2.28. The molecule has 5 nitrogen and oxygen atoms in total. The molecule has 1 N–H and O–H groups in total. The molecule has 1 heterocycles. The molecule has 27 heavy (non-hydrogen) atoms. The molecule has 1 saturated heterocycles. The molecule has 3 rings (SSSR count). The molecule has 3 aliphatic rings. The van der Waals surface area contributed by atoms with Gasteiger partial charge in [0.2, 0.25) is 0 Å². The Morgan fingerprint density at radius 1 is 1.04 bits per heavy atom. The zero-order chi connectivity index (χ0) is 19.4. The average Bonchev–Trinajstić information content (AvgIpc) is 3.07. The third-order valence-corrected chi connectivity index (χ3v) is 6.89. The maximum Gasteiger partial charge on any atom is 0.162 e. The van der Waals surface area contributed by atoms with Gasteiger partial charge in [-0.3, -0.25) is 0 Å². The summed E-state index contributed by atoms with van der Waals surface area (Å²) >= 11 is 0. The molecule has 1 saturated carbocycles. The Kier molecular flexibility index (Phi) is 6.64. The van der Waals surface area contributed by atoms with Gasteiger partial charge < -0.3 is 14.9 Å². The molecule has 0 aromatic heterocycles. The monoisotopic (exact) mass is 390 g/mol. The first-order chi connectivity index (χ1) is 13.0. The molecule has 148 valence electrons. The van der Waals surface area contributed by atoms with Crippen LogP contribution in [0.1, 0.15) is 44.9 Å². The molecule has 2 aliphatic carbocycles. The van der Waals surface area contributed by atoms with Crippen LogP contribution in [-0.4, -0.2) is 41.5 Å². The number of rotatable bonds is 4. The molecular formula is C21H30N2O3S. The predicted molar refractivity (Wildman–Crippen MR) is 109 cm³/mol. The number of allylic oxidation sites excluding steroid dienone is 4. The van der Waals surface area contributed by atoms with Crippen molar-refractivity contribution in [2.45, 2.75) is 44.9 Å². The fourth-order valence-corrected chi connectivity index (χ4v) is 5.28. The average molecular weight is 391 g/mol. The molecule has 0 aromatic rings. The van der Waals surface area contributed by atoms with E-state index in [1.165, 1.54) is 31.3 Å². The summed E-state index contributed by atoms with van der Waals surface area (Å²) in [6.45, 7) is 1.52. The molecule has 0 aromatic carbocycles. The van der Waals surface area contributed by atoms with E-state index in [1.807, 2.05) is 10.4 Å². The summed E-state index contributed by atoms with van der Waals surface area (Å²) in [5.74, 6) is 2.19. The van der Waals surface area contributed by atoms with E-state index in [0.29, 0.717) is 29.1 Å². The fraction of sp³-hybridized carbons (Fsp3) is 0.619. The van der Waals surface area contributed by atoms with Crippen LogP contribution in [0.25, 0.3) is 0 Å². The van der Waals surface area contributed by atoms with E-state index in [1.54, 1.807) is 20.3 Å². The van der Waals surface area contributed by atoms with Gasteiger partial charge in [0.15, 0.2) is 11.5 Å². The molecule has 6 heteroatoms. The third kappa shape index (κ3) is 4.40. The van der Waals surface area contributed by atoms with Gasteiger partial charge in [-0.1, -0.05) is 24.1 Å². The van der Waals surface area contributed by atoms with Gasteiger partial charge in [0.1, 0.15) is 0 Å². The minimum absolute atomic E-state index is 0.392. The third-order valence-electron chi connectivity index (χ3n) is 6.01. The number of hydrogen-bond acceptors (Lipinski definition) is 4. The molecular weight excluding hydrogens is 360 g/mol. The Hall–Kier alpha value is -1.75. The highest BCUT2D eigenvalue weighted by Crippen LogP contribution is 2.42. The summed E-state index contributed by atoms with van der Waals surface area (Å²) in [6.07, 6.45) is 11.6. The van der Waals surface area contributed by atoms with E-state index < -0.39 is 10.4 Å². The molecule has 0 amide bonds. The predicted octanol–water partition coefficient (Wildman–Crippen LogP) is 3.92. The smallest absolute Gasteiger partial charge is 0.162 e. The van der Waals surface area contributed by atoms with Gasteiger partial charge in [-0.2, -0.15) is 0 Å². The zero-order valence-corrected chi connectivity index (χ0v) is 17.1. The quantitative estimate of drug-likeness (QED) is 0.791. The summed E-state index contributed by atoms with van der Waals surface area (Å²) in [5, 5.41) is 8.63. The molecule has 0 radical (unpaired) electrons. The van der Waals surface area contributed by atoms with Gasteiger partial charge in [0.05, 0.1) is 30.3 Å². The first-order valence-electron chi connectivity index (χ1n) is 9.81. The number of nitrogens with zero attached hydrogens (tertiary/aromatic N) is 1. The maximum absolute atomic E-state index is 11.7. The van der Waals surface area contributed by atoms with Crippen molar-refractivity contribution in [1.82, 2.24) is 4.31 Å². The first kappa shape index (κ1) is 20.0. The summed E-state index contributed by atoms with van der Waals surface area (Å²) in [4.78, 5) is 0. The SMILES string of the molecule is C#S(=O)N1CCCC(/C(=C2\C=C(OC)C(OC)=CC2=N)C2CCCC2)CC1. The lowest BCUT2D eigenvalue weighted by atomic mass is 9.77. The van der Waals surface area contributed by atoms with Crippen LogP contribution in [0.2, 0.25) is 0 Å². The van der Waals surface area contributed by atoms with Crippen molar-refractivity contribution in [3.05, 3.63) is 34.8 Å². The Morgan fingerprint density at radius 2 is 1.63 bits per heavy atom. The van der Waals surface area contributed by atoms with Crippen LogP contribution in [0.15, 0.2) is 34.8 Å². The van der Waals surface area contributed by atoms with E-state index >= 15 is 0 Å². The number of nitrogens with one attached hydrogen (secondary N) is 1. The molecule has 0 spiro atoms. The van der Waals surface area contributed by atoms with Crippen LogP contribution in [0.3, 0.4) is 0 Å². The molecule has 1 atom stereocenters. The summed E-state index contributed by atoms with van der Waals surface area (Å²) in [6, 6.07) is 0. The van der Waals surface area contributed by atoms with Crippen molar-refractivity contribution in [3.63, 3.8) is 0 Å². The lowest BCUT2D eigenvalue weighted by Crippen LogP contribution is -2.23. The van der Waals surface area contributed by atoms with Crippen LogP contribution >= 0.6 is 0 Å². The summed E-state index contributed by atoms with van der Waals surface area (Å²) < 4.78 is 24.5. The minimum Gasteiger partial charge on any atom is -0.493 e. The highest BCUT2D eigenvalue weighted by Gasteiger charge is 2.32. The normalized spacial score (nSPS) is 26.9. The number of hydrogen-bond donors (Lipinski definition) is 1. The van der Waals surface area contributed by atoms with Gasteiger partial charge in [0, 0.05) is 24.7 Å². The number of methoxy groups -OCH3 is 2.